The summed E-state index contributed by atoms with van der Waals surface area (Å²) in [6.07, 6.45) is 5.34. The van der Waals surface area contributed by atoms with Crippen molar-refractivity contribution in [3.63, 3.8) is 0 Å². The molecule has 1 aromatic heterocycles. The van der Waals surface area contributed by atoms with Crippen LogP contribution < -0.4 is 9.47 Å². The van der Waals surface area contributed by atoms with E-state index in [4.69, 9.17) is 14.5 Å². The van der Waals surface area contributed by atoms with Gasteiger partial charge in [-0.25, -0.2) is 4.98 Å². The number of unbranched alkanes of at least 4 members (excludes halogenated alkanes) is 2. The predicted octanol–water partition coefficient (Wildman–Crippen LogP) is 10.0. The van der Waals surface area contributed by atoms with Crippen molar-refractivity contribution in [3.05, 3.63) is 119 Å². The fraction of sp³-hybridized carbons (Fsp3) is 0.341. The number of fused-ring (bicyclic) bond motifs is 1. The molecule has 0 aliphatic carbocycles. The number of benzene rings is 4. The summed E-state index contributed by atoms with van der Waals surface area (Å²) >= 11 is 0. The first-order valence-corrected chi connectivity index (χ1v) is 17.1. The molecule has 1 aliphatic rings. The van der Waals surface area contributed by atoms with E-state index in [1.807, 2.05) is 19.9 Å². The van der Waals surface area contributed by atoms with Crippen LogP contribution in [0.5, 0.6) is 17.2 Å². The molecule has 0 spiro atoms. The molecular weight excluding hydrogens is 582 g/mol. The normalized spacial score (nSPS) is 13.0. The summed E-state index contributed by atoms with van der Waals surface area (Å²) in [5.74, 6) is 2.99. The first-order valence-electron chi connectivity index (χ1n) is 17.1. The van der Waals surface area contributed by atoms with Gasteiger partial charge in [0.25, 0.3) is 0 Å². The number of hydrogen-bond acceptors (Lipinski definition) is 5. The lowest BCUT2D eigenvalue weighted by molar-refractivity contribution is 0.159. The highest BCUT2D eigenvalue weighted by Crippen LogP contribution is 2.41. The van der Waals surface area contributed by atoms with Gasteiger partial charge in [0.2, 0.25) is 6.79 Å². The lowest BCUT2D eigenvalue weighted by Crippen LogP contribution is -2.30. The minimum absolute atomic E-state index is 0.0758. The van der Waals surface area contributed by atoms with Crippen molar-refractivity contribution >= 4 is 0 Å². The molecule has 6 heteroatoms. The van der Waals surface area contributed by atoms with Gasteiger partial charge in [-0.3, -0.25) is 4.90 Å². The number of ether oxygens (including phenoxy) is 2. The van der Waals surface area contributed by atoms with Crippen LogP contribution in [0.4, 0.5) is 0 Å². The third-order valence-electron chi connectivity index (χ3n) is 9.17. The van der Waals surface area contributed by atoms with Crippen molar-refractivity contribution in [3.8, 4) is 39.9 Å². The topological polar surface area (TPSA) is 59.8 Å². The quantitative estimate of drug-likeness (QED) is 0.132. The smallest absolute Gasteiger partial charge is 0.231 e. The van der Waals surface area contributed by atoms with E-state index in [-0.39, 0.29) is 12.8 Å². The van der Waals surface area contributed by atoms with E-state index in [0.29, 0.717) is 5.75 Å². The molecule has 0 unspecified atom stereocenters. The number of hydrogen-bond donors (Lipinski definition) is 1. The molecule has 1 N–H and O–H groups in total. The Morgan fingerprint density at radius 3 is 2.09 bits per heavy atom. The van der Waals surface area contributed by atoms with E-state index < -0.39 is 0 Å². The molecule has 6 nitrogen and oxygen atoms in total. The van der Waals surface area contributed by atoms with E-state index in [1.165, 1.54) is 16.8 Å². The van der Waals surface area contributed by atoms with E-state index in [1.54, 1.807) is 0 Å². The van der Waals surface area contributed by atoms with Gasteiger partial charge in [0.1, 0.15) is 11.6 Å². The molecule has 1 aliphatic heterocycles. The van der Waals surface area contributed by atoms with Crippen molar-refractivity contribution in [2.45, 2.75) is 85.5 Å². The lowest BCUT2D eigenvalue weighted by atomic mass is 9.97. The van der Waals surface area contributed by atoms with Crippen molar-refractivity contribution in [2.75, 3.05) is 6.79 Å². The zero-order valence-electron chi connectivity index (χ0n) is 28.2. The average Bonchev–Trinajstić information content (AvgIpc) is 3.72. The van der Waals surface area contributed by atoms with Gasteiger partial charge in [-0.15, -0.1) is 0 Å². The maximum Gasteiger partial charge on any atom is 0.231 e. The maximum absolute atomic E-state index is 10.6. The van der Waals surface area contributed by atoms with Gasteiger partial charge in [0.15, 0.2) is 11.5 Å². The third-order valence-corrected chi connectivity index (χ3v) is 9.17. The Balaban J connectivity index is 1.55. The molecule has 0 radical (unpaired) electrons. The Morgan fingerprint density at radius 1 is 0.766 bits per heavy atom. The van der Waals surface area contributed by atoms with Crippen LogP contribution in [-0.2, 0) is 19.6 Å². The number of phenols is 1. The molecular formula is C41H47N3O3. The molecule has 1 atom stereocenters. The lowest BCUT2D eigenvalue weighted by Gasteiger charge is -2.34. The first kappa shape index (κ1) is 32.4. The number of aryl methyl sites for hydroxylation is 2. The molecule has 244 valence electrons. The number of aromatic hydroxyl groups is 1. The van der Waals surface area contributed by atoms with Gasteiger partial charge in [0.05, 0.1) is 17.4 Å². The molecule has 0 saturated heterocycles. The van der Waals surface area contributed by atoms with Crippen LogP contribution in [0.15, 0.2) is 91.0 Å². The van der Waals surface area contributed by atoms with E-state index in [2.05, 4.69) is 108 Å². The van der Waals surface area contributed by atoms with E-state index >= 15 is 0 Å². The summed E-state index contributed by atoms with van der Waals surface area (Å²) < 4.78 is 14.0. The summed E-state index contributed by atoms with van der Waals surface area (Å²) in [5, 5.41) is 10.6. The van der Waals surface area contributed by atoms with Gasteiger partial charge in [-0.05, 0) is 61.1 Å². The molecule has 0 bridgehead atoms. The second-order valence-corrected chi connectivity index (χ2v) is 12.7. The fourth-order valence-electron chi connectivity index (χ4n) is 6.77. The van der Waals surface area contributed by atoms with Crippen LogP contribution in [0.3, 0.4) is 0 Å². The number of imidazole rings is 1. The molecule has 0 fully saturated rings. The Kier molecular flexibility index (Phi) is 10.3. The Hall–Kier alpha value is -4.55. The maximum atomic E-state index is 10.6. The van der Waals surface area contributed by atoms with Gasteiger partial charge < -0.3 is 19.1 Å². The summed E-state index contributed by atoms with van der Waals surface area (Å²) in [6.45, 7) is 11.1. The third kappa shape index (κ3) is 7.23. The minimum atomic E-state index is 0.0758. The van der Waals surface area contributed by atoms with Crippen LogP contribution in [-0.4, -0.2) is 26.4 Å². The fourth-order valence-corrected chi connectivity index (χ4v) is 6.77. The van der Waals surface area contributed by atoms with Crippen molar-refractivity contribution < 1.29 is 14.6 Å². The summed E-state index contributed by atoms with van der Waals surface area (Å²) in [7, 11) is 0. The number of phenolic OH excluding ortho intramolecular Hbond substituents is 1. The molecule has 0 amide bonds. The van der Waals surface area contributed by atoms with Gasteiger partial charge in [-0.1, -0.05) is 112 Å². The van der Waals surface area contributed by atoms with Crippen LogP contribution in [0.2, 0.25) is 0 Å². The summed E-state index contributed by atoms with van der Waals surface area (Å²) in [5.41, 5.74) is 8.75. The standard InChI is InChI=1S/C41H47N3O3/c1-5-7-19-35(39-38(33-15-11-9-12-16-33)42-41(44(39)22-8-6-2)34-17-13-10-14-18-34)43(27-32-23-29(3)40(45)30(4)24-32)26-31-20-21-36-37(25-31)47-28-46-36/h9-18,20-21,23-25,35,45H,5-8,19,22,26-28H2,1-4H3/t35-/m1/s1. The number of nitrogens with zero attached hydrogens (tertiary/aromatic N) is 3. The van der Waals surface area contributed by atoms with Crippen molar-refractivity contribution in [1.82, 2.24) is 14.5 Å². The highest BCUT2D eigenvalue weighted by Gasteiger charge is 2.31. The van der Waals surface area contributed by atoms with Crippen molar-refractivity contribution in [2.24, 2.45) is 0 Å². The van der Waals surface area contributed by atoms with Crippen LogP contribution in [0.25, 0.3) is 22.6 Å². The second-order valence-electron chi connectivity index (χ2n) is 12.7. The van der Waals surface area contributed by atoms with Crippen LogP contribution >= 0.6 is 0 Å². The average molecular weight is 630 g/mol. The summed E-state index contributed by atoms with van der Waals surface area (Å²) in [6, 6.07) is 32.0. The molecule has 2 heterocycles. The van der Waals surface area contributed by atoms with Crippen molar-refractivity contribution in [1.29, 1.82) is 0 Å². The van der Waals surface area contributed by atoms with Gasteiger partial charge >= 0.3 is 0 Å². The Morgan fingerprint density at radius 2 is 1.40 bits per heavy atom. The molecule has 6 rings (SSSR count). The molecule has 47 heavy (non-hydrogen) atoms. The van der Waals surface area contributed by atoms with Gasteiger partial charge in [0, 0.05) is 30.8 Å². The van der Waals surface area contributed by atoms with E-state index in [0.717, 1.165) is 97.0 Å². The van der Waals surface area contributed by atoms with Crippen LogP contribution in [0.1, 0.15) is 79.9 Å². The highest BCUT2D eigenvalue weighted by molar-refractivity contribution is 5.69. The zero-order valence-corrected chi connectivity index (χ0v) is 28.2. The van der Waals surface area contributed by atoms with Crippen LogP contribution in [0, 0.1) is 13.8 Å². The first-order chi connectivity index (χ1) is 23.0. The van der Waals surface area contributed by atoms with E-state index in [9.17, 15) is 5.11 Å². The second kappa shape index (κ2) is 14.9. The highest BCUT2D eigenvalue weighted by atomic mass is 16.7. The Bertz CT molecular complexity index is 1760. The Labute approximate surface area is 279 Å². The number of aromatic nitrogens is 2. The largest absolute Gasteiger partial charge is 0.507 e. The predicted molar refractivity (Wildman–Crippen MR) is 190 cm³/mol. The number of rotatable bonds is 14. The summed E-state index contributed by atoms with van der Waals surface area (Å²) in [4.78, 5) is 8.09. The minimum Gasteiger partial charge on any atom is -0.507 e. The monoisotopic (exact) mass is 629 g/mol. The molecule has 4 aromatic carbocycles. The van der Waals surface area contributed by atoms with Gasteiger partial charge in [-0.2, -0.15) is 0 Å². The SMILES string of the molecule is CCCC[C@H](c1c(-c2ccccc2)nc(-c2ccccc2)n1CCCC)N(Cc1cc(C)c(O)c(C)c1)Cc1ccc2c(c1)OCO2. The molecule has 5 aromatic rings. The molecule has 0 saturated carbocycles. The zero-order chi connectivity index (χ0) is 32.8.